The van der Waals surface area contributed by atoms with Gasteiger partial charge >= 0.3 is 5.97 Å². The fraction of sp³-hybridized carbons (Fsp3) is 0.364. The molecule has 2 N–H and O–H groups in total. The number of phenolic OH excluding ortho intramolecular Hbond substituents is 1. The maximum atomic E-state index is 11.1. The van der Waals surface area contributed by atoms with Crippen molar-refractivity contribution in [3.8, 4) is 5.75 Å². The largest absolute Gasteiger partial charge is 0.508 e. The van der Waals surface area contributed by atoms with Gasteiger partial charge in [0.05, 0.1) is 7.11 Å². The third-order valence-electron chi connectivity index (χ3n) is 2.08. The molecule has 0 aromatic heterocycles. The third-order valence-corrected chi connectivity index (χ3v) is 2.08. The molecule has 0 heterocycles. The van der Waals surface area contributed by atoms with Gasteiger partial charge in [0.15, 0.2) is 0 Å². The van der Waals surface area contributed by atoms with E-state index in [4.69, 9.17) is 0 Å². The quantitative estimate of drug-likeness (QED) is 0.727. The Bertz CT molecular complexity index is 338. The first-order valence-corrected chi connectivity index (χ1v) is 4.72. The first-order chi connectivity index (χ1) is 7.13. The highest BCUT2D eigenvalue weighted by Gasteiger charge is 2.11. The summed E-state index contributed by atoms with van der Waals surface area (Å²) in [4.78, 5) is 11.1. The average molecular weight is 209 g/mol. The van der Waals surface area contributed by atoms with Crippen LogP contribution in [0.3, 0.4) is 0 Å². The Morgan fingerprint density at radius 3 is 2.93 bits per heavy atom. The number of carbonyl (C=O) groups is 1. The van der Waals surface area contributed by atoms with E-state index in [0.717, 1.165) is 5.56 Å². The molecular weight excluding hydrogens is 194 g/mol. The molecule has 0 aliphatic rings. The van der Waals surface area contributed by atoms with E-state index in [1.165, 1.54) is 7.11 Å². The molecule has 0 spiro atoms. The number of nitrogens with one attached hydrogen (secondary N) is 1. The number of carbonyl (C=O) groups excluding carboxylic acids is 1. The van der Waals surface area contributed by atoms with Crippen LogP contribution in [0.1, 0.15) is 12.5 Å². The lowest BCUT2D eigenvalue weighted by atomic mass is 10.2. The number of hydrogen-bond acceptors (Lipinski definition) is 4. The van der Waals surface area contributed by atoms with E-state index in [1.807, 2.05) is 6.07 Å². The number of methoxy groups -OCH3 is 1. The van der Waals surface area contributed by atoms with Crippen LogP contribution < -0.4 is 5.32 Å². The number of aromatic hydroxyl groups is 1. The first kappa shape index (κ1) is 11.5. The topological polar surface area (TPSA) is 58.6 Å². The third kappa shape index (κ3) is 3.59. The predicted molar refractivity (Wildman–Crippen MR) is 56.4 cm³/mol. The van der Waals surface area contributed by atoms with Crippen molar-refractivity contribution in [1.29, 1.82) is 0 Å². The molecule has 82 valence electrons. The molecule has 1 rings (SSSR count). The number of hydrogen-bond donors (Lipinski definition) is 2. The van der Waals surface area contributed by atoms with Gasteiger partial charge < -0.3 is 15.2 Å². The van der Waals surface area contributed by atoms with Crippen LogP contribution in [-0.2, 0) is 16.1 Å². The van der Waals surface area contributed by atoms with Gasteiger partial charge in [0.25, 0.3) is 0 Å². The van der Waals surface area contributed by atoms with Crippen LogP contribution in [-0.4, -0.2) is 24.2 Å². The molecule has 0 unspecified atom stereocenters. The van der Waals surface area contributed by atoms with E-state index in [0.29, 0.717) is 6.54 Å². The minimum atomic E-state index is -0.350. The molecule has 4 heteroatoms. The fourth-order valence-electron chi connectivity index (χ4n) is 1.20. The molecular formula is C11H15NO3. The second kappa shape index (κ2) is 5.36. The zero-order chi connectivity index (χ0) is 11.3. The van der Waals surface area contributed by atoms with Gasteiger partial charge in [-0.1, -0.05) is 12.1 Å². The van der Waals surface area contributed by atoms with Gasteiger partial charge in [-0.25, -0.2) is 0 Å². The Morgan fingerprint density at radius 1 is 1.60 bits per heavy atom. The summed E-state index contributed by atoms with van der Waals surface area (Å²) in [5, 5.41) is 12.2. The van der Waals surface area contributed by atoms with Gasteiger partial charge in [-0.3, -0.25) is 4.79 Å². The Hall–Kier alpha value is -1.55. The van der Waals surface area contributed by atoms with Gasteiger partial charge in [-0.05, 0) is 24.6 Å². The molecule has 1 aromatic rings. The van der Waals surface area contributed by atoms with Gasteiger partial charge in [-0.2, -0.15) is 0 Å². The van der Waals surface area contributed by atoms with Gasteiger partial charge in [0, 0.05) is 6.54 Å². The van der Waals surface area contributed by atoms with E-state index < -0.39 is 0 Å². The fourth-order valence-corrected chi connectivity index (χ4v) is 1.20. The molecule has 0 bridgehead atoms. The summed E-state index contributed by atoms with van der Waals surface area (Å²) >= 11 is 0. The van der Waals surface area contributed by atoms with E-state index in [1.54, 1.807) is 25.1 Å². The standard InChI is InChI=1S/C11H15NO3/c1-8(11(14)15-2)12-7-9-4-3-5-10(13)6-9/h3-6,8,12-13H,7H2,1-2H3/t8-/m1/s1. The molecule has 0 amide bonds. The van der Waals surface area contributed by atoms with E-state index in [9.17, 15) is 9.90 Å². The second-order valence-corrected chi connectivity index (χ2v) is 3.30. The second-order valence-electron chi connectivity index (χ2n) is 3.30. The first-order valence-electron chi connectivity index (χ1n) is 4.72. The van der Waals surface area contributed by atoms with Crippen molar-refractivity contribution in [2.45, 2.75) is 19.5 Å². The summed E-state index contributed by atoms with van der Waals surface area (Å²) in [6.07, 6.45) is 0. The maximum absolute atomic E-state index is 11.1. The lowest BCUT2D eigenvalue weighted by molar-refractivity contribution is -0.142. The minimum absolute atomic E-state index is 0.222. The van der Waals surface area contributed by atoms with Crippen molar-refractivity contribution in [2.75, 3.05) is 7.11 Å². The summed E-state index contributed by atoms with van der Waals surface area (Å²) in [5.41, 5.74) is 0.922. The Labute approximate surface area is 88.9 Å². The summed E-state index contributed by atoms with van der Waals surface area (Å²) in [5.74, 6) is -0.0739. The van der Waals surface area contributed by atoms with Crippen molar-refractivity contribution in [3.63, 3.8) is 0 Å². The van der Waals surface area contributed by atoms with Gasteiger partial charge in [0.1, 0.15) is 11.8 Å². The van der Waals surface area contributed by atoms with Crippen molar-refractivity contribution >= 4 is 5.97 Å². The molecule has 0 aliphatic heterocycles. The lowest BCUT2D eigenvalue weighted by Crippen LogP contribution is -2.34. The molecule has 0 aliphatic carbocycles. The summed E-state index contributed by atoms with van der Waals surface area (Å²) in [6.45, 7) is 2.25. The molecule has 0 fully saturated rings. The van der Waals surface area contributed by atoms with Gasteiger partial charge in [-0.15, -0.1) is 0 Å². The van der Waals surface area contributed by atoms with Crippen LogP contribution in [0.5, 0.6) is 5.75 Å². The molecule has 15 heavy (non-hydrogen) atoms. The van der Waals surface area contributed by atoms with Gasteiger partial charge in [0.2, 0.25) is 0 Å². The monoisotopic (exact) mass is 209 g/mol. The highest BCUT2D eigenvalue weighted by atomic mass is 16.5. The number of ether oxygens (including phenoxy) is 1. The molecule has 1 atom stereocenters. The van der Waals surface area contributed by atoms with Crippen molar-refractivity contribution in [2.24, 2.45) is 0 Å². The van der Waals surface area contributed by atoms with Crippen LogP contribution >= 0.6 is 0 Å². The normalized spacial score (nSPS) is 12.1. The summed E-state index contributed by atoms with van der Waals surface area (Å²) in [7, 11) is 1.36. The smallest absolute Gasteiger partial charge is 0.322 e. The van der Waals surface area contributed by atoms with Crippen LogP contribution in [0.2, 0.25) is 0 Å². The zero-order valence-corrected chi connectivity index (χ0v) is 8.86. The Balaban J connectivity index is 2.47. The highest BCUT2D eigenvalue weighted by Crippen LogP contribution is 2.10. The molecule has 0 radical (unpaired) electrons. The predicted octanol–water partition coefficient (Wildman–Crippen LogP) is 1.04. The van der Waals surface area contributed by atoms with Crippen LogP contribution in [0.25, 0.3) is 0 Å². The lowest BCUT2D eigenvalue weighted by Gasteiger charge is -2.11. The zero-order valence-electron chi connectivity index (χ0n) is 8.86. The SMILES string of the molecule is COC(=O)[C@@H](C)NCc1cccc(O)c1. The van der Waals surface area contributed by atoms with Crippen molar-refractivity contribution in [3.05, 3.63) is 29.8 Å². The average Bonchev–Trinajstić information content (AvgIpc) is 2.25. The maximum Gasteiger partial charge on any atom is 0.322 e. The number of rotatable bonds is 4. The molecule has 0 saturated carbocycles. The number of esters is 1. The van der Waals surface area contributed by atoms with Crippen molar-refractivity contribution in [1.82, 2.24) is 5.32 Å². The molecule has 1 aromatic carbocycles. The highest BCUT2D eigenvalue weighted by molar-refractivity contribution is 5.75. The van der Waals surface area contributed by atoms with Crippen LogP contribution in [0.15, 0.2) is 24.3 Å². The van der Waals surface area contributed by atoms with E-state index in [2.05, 4.69) is 10.1 Å². The molecule has 4 nitrogen and oxygen atoms in total. The minimum Gasteiger partial charge on any atom is -0.508 e. The molecule has 0 saturated heterocycles. The van der Waals surface area contributed by atoms with Crippen molar-refractivity contribution < 1.29 is 14.6 Å². The number of benzene rings is 1. The van der Waals surface area contributed by atoms with E-state index >= 15 is 0 Å². The van der Waals surface area contributed by atoms with E-state index in [-0.39, 0.29) is 17.8 Å². The van der Waals surface area contributed by atoms with Crippen LogP contribution in [0.4, 0.5) is 0 Å². The van der Waals surface area contributed by atoms with Crippen LogP contribution in [0, 0.1) is 0 Å². The Kier molecular flexibility index (Phi) is 4.12. The Morgan fingerprint density at radius 2 is 2.33 bits per heavy atom. The summed E-state index contributed by atoms with van der Waals surface area (Å²) in [6, 6.07) is 6.54. The summed E-state index contributed by atoms with van der Waals surface area (Å²) < 4.78 is 4.57. The number of phenols is 1.